The van der Waals surface area contributed by atoms with E-state index in [1.54, 1.807) is 36.0 Å². The first kappa shape index (κ1) is 14.6. The van der Waals surface area contributed by atoms with Crippen LogP contribution in [0.4, 0.5) is 5.69 Å². The van der Waals surface area contributed by atoms with Crippen LogP contribution in [-0.4, -0.2) is 34.9 Å². The zero-order valence-corrected chi connectivity index (χ0v) is 12.7. The molecule has 0 unspecified atom stereocenters. The molecule has 0 radical (unpaired) electrons. The van der Waals surface area contributed by atoms with Crippen molar-refractivity contribution in [2.45, 2.75) is 0 Å². The van der Waals surface area contributed by atoms with Crippen molar-refractivity contribution in [2.24, 2.45) is 0 Å². The van der Waals surface area contributed by atoms with Crippen LogP contribution in [0.15, 0.2) is 36.5 Å². The molecule has 0 aliphatic heterocycles. The molecule has 114 valence electrons. The largest absolute Gasteiger partial charge is 0.491 e. The lowest BCUT2D eigenvalue weighted by molar-refractivity contribution is 0.146. The summed E-state index contributed by atoms with van der Waals surface area (Å²) in [7, 11) is 1.63. The number of nitrogens with zero attached hydrogens (tertiary/aromatic N) is 3. The zero-order chi connectivity index (χ0) is 15.5. The molecule has 22 heavy (non-hydrogen) atoms. The molecule has 0 fully saturated rings. The van der Waals surface area contributed by atoms with E-state index in [4.69, 9.17) is 26.8 Å². The van der Waals surface area contributed by atoms with Gasteiger partial charge in [0.05, 0.1) is 18.5 Å². The maximum atomic E-state index is 5.94. The number of fused-ring (bicyclic) bond motifs is 1. The Morgan fingerprint density at radius 3 is 2.91 bits per heavy atom. The molecule has 0 saturated heterocycles. The molecule has 2 heterocycles. The number of benzene rings is 1. The predicted octanol–water partition coefficient (Wildman–Crippen LogP) is 2.66. The lowest BCUT2D eigenvalue weighted by Gasteiger charge is -2.08. The Bertz CT molecular complexity index is 803. The molecular formula is C15H15ClN4O2. The second-order valence-corrected chi connectivity index (χ2v) is 5.10. The SMILES string of the molecule is COCCOc1cc(N)cc(-c2cn3nc(Cl)ccc3n2)c1. The van der Waals surface area contributed by atoms with Crippen molar-refractivity contribution < 1.29 is 9.47 Å². The van der Waals surface area contributed by atoms with Crippen LogP contribution in [0.25, 0.3) is 16.9 Å². The molecular weight excluding hydrogens is 304 g/mol. The fourth-order valence-corrected chi connectivity index (χ4v) is 2.24. The minimum Gasteiger partial charge on any atom is -0.491 e. The number of hydrogen-bond donors (Lipinski definition) is 1. The summed E-state index contributed by atoms with van der Waals surface area (Å²) in [5.41, 5.74) is 8.86. The minimum absolute atomic E-state index is 0.410. The molecule has 3 rings (SSSR count). The number of anilines is 1. The van der Waals surface area contributed by atoms with Crippen LogP contribution in [0, 0.1) is 0 Å². The first-order valence-electron chi connectivity index (χ1n) is 6.70. The van der Waals surface area contributed by atoms with Gasteiger partial charge in [-0.1, -0.05) is 11.6 Å². The third kappa shape index (κ3) is 3.13. The van der Waals surface area contributed by atoms with Gasteiger partial charge in [-0.05, 0) is 24.3 Å². The molecule has 0 aliphatic carbocycles. The monoisotopic (exact) mass is 318 g/mol. The summed E-state index contributed by atoms with van der Waals surface area (Å²) in [6.07, 6.45) is 1.80. The van der Waals surface area contributed by atoms with Crippen molar-refractivity contribution in [3.05, 3.63) is 41.7 Å². The lowest BCUT2D eigenvalue weighted by atomic mass is 10.1. The van der Waals surface area contributed by atoms with E-state index in [0.29, 0.717) is 35.5 Å². The molecule has 1 aromatic carbocycles. The highest BCUT2D eigenvalue weighted by Crippen LogP contribution is 2.27. The van der Waals surface area contributed by atoms with E-state index in [1.165, 1.54) is 0 Å². The number of nitrogens with two attached hydrogens (primary N) is 1. The van der Waals surface area contributed by atoms with Gasteiger partial charge in [-0.15, -0.1) is 0 Å². The molecule has 3 aromatic rings. The highest BCUT2D eigenvalue weighted by molar-refractivity contribution is 6.29. The fraction of sp³-hybridized carbons (Fsp3) is 0.200. The summed E-state index contributed by atoms with van der Waals surface area (Å²) in [4.78, 5) is 4.51. The van der Waals surface area contributed by atoms with E-state index in [9.17, 15) is 0 Å². The Balaban J connectivity index is 1.94. The number of hydrogen-bond acceptors (Lipinski definition) is 5. The normalized spacial score (nSPS) is 11.0. The van der Waals surface area contributed by atoms with Crippen molar-refractivity contribution in [2.75, 3.05) is 26.1 Å². The molecule has 2 aromatic heterocycles. The third-order valence-corrected chi connectivity index (χ3v) is 3.27. The average molecular weight is 319 g/mol. The van der Waals surface area contributed by atoms with E-state index in [-0.39, 0.29) is 0 Å². The summed E-state index contributed by atoms with van der Waals surface area (Å²) in [6.45, 7) is 0.975. The maximum absolute atomic E-state index is 5.94. The van der Waals surface area contributed by atoms with Crippen LogP contribution >= 0.6 is 11.6 Å². The Kier molecular flexibility index (Phi) is 4.13. The van der Waals surface area contributed by atoms with Crippen LogP contribution < -0.4 is 10.5 Å². The predicted molar refractivity (Wildman–Crippen MR) is 85.2 cm³/mol. The summed E-state index contributed by atoms with van der Waals surface area (Å²) in [6, 6.07) is 9.00. The van der Waals surface area contributed by atoms with Gasteiger partial charge < -0.3 is 15.2 Å². The number of nitrogen functional groups attached to an aromatic ring is 1. The lowest BCUT2D eigenvalue weighted by Crippen LogP contribution is -2.04. The number of rotatable bonds is 5. The number of halogens is 1. The van der Waals surface area contributed by atoms with Crippen LogP contribution in [0.2, 0.25) is 5.15 Å². The Hall–Kier alpha value is -2.31. The van der Waals surface area contributed by atoms with Crippen LogP contribution in [0.1, 0.15) is 0 Å². The van der Waals surface area contributed by atoms with E-state index >= 15 is 0 Å². The van der Waals surface area contributed by atoms with Crippen molar-refractivity contribution in [3.63, 3.8) is 0 Å². The average Bonchev–Trinajstić information content (AvgIpc) is 2.90. The van der Waals surface area contributed by atoms with Crippen molar-refractivity contribution in [3.8, 4) is 17.0 Å². The first-order valence-corrected chi connectivity index (χ1v) is 7.08. The topological polar surface area (TPSA) is 74.7 Å². The zero-order valence-electron chi connectivity index (χ0n) is 12.0. The van der Waals surface area contributed by atoms with Crippen molar-refractivity contribution in [1.82, 2.24) is 14.6 Å². The van der Waals surface area contributed by atoms with E-state index in [0.717, 1.165) is 11.3 Å². The van der Waals surface area contributed by atoms with Gasteiger partial charge in [0.2, 0.25) is 0 Å². The molecule has 7 heteroatoms. The molecule has 0 aliphatic rings. The van der Waals surface area contributed by atoms with Gasteiger partial charge in [-0.3, -0.25) is 0 Å². The molecule has 0 atom stereocenters. The second-order valence-electron chi connectivity index (χ2n) is 4.72. The van der Waals surface area contributed by atoms with Gasteiger partial charge in [-0.2, -0.15) is 5.10 Å². The number of methoxy groups -OCH3 is 1. The third-order valence-electron chi connectivity index (χ3n) is 3.07. The number of ether oxygens (including phenoxy) is 2. The van der Waals surface area contributed by atoms with Gasteiger partial charge in [0, 0.05) is 24.4 Å². The smallest absolute Gasteiger partial charge is 0.154 e. The quantitative estimate of drug-likeness (QED) is 0.578. The van der Waals surface area contributed by atoms with Crippen LogP contribution in [-0.2, 0) is 4.74 Å². The Morgan fingerprint density at radius 1 is 1.23 bits per heavy atom. The van der Waals surface area contributed by atoms with Crippen molar-refractivity contribution in [1.29, 1.82) is 0 Å². The van der Waals surface area contributed by atoms with Gasteiger partial charge in [0.1, 0.15) is 17.5 Å². The van der Waals surface area contributed by atoms with E-state index < -0.39 is 0 Å². The molecule has 6 nitrogen and oxygen atoms in total. The van der Waals surface area contributed by atoms with E-state index in [2.05, 4.69) is 10.1 Å². The molecule has 2 N–H and O–H groups in total. The number of aromatic nitrogens is 3. The molecule has 0 amide bonds. The van der Waals surface area contributed by atoms with Gasteiger partial charge in [0.15, 0.2) is 5.65 Å². The van der Waals surface area contributed by atoms with Gasteiger partial charge in [0.25, 0.3) is 0 Å². The van der Waals surface area contributed by atoms with Crippen molar-refractivity contribution >= 4 is 22.9 Å². The van der Waals surface area contributed by atoms with Gasteiger partial charge >= 0.3 is 0 Å². The highest BCUT2D eigenvalue weighted by Gasteiger charge is 2.08. The summed E-state index contributed by atoms with van der Waals surface area (Å²) in [5, 5.41) is 4.58. The standard InChI is InChI=1S/C15H15ClN4O2/c1-21-4-5-22-12-7-10(6-11(17)8-12)13-9-20-15(18-13)3-2-14(16)19-20/h2-3,6-9H,4-5,17H2,1H3. The van der Waals surface area contributed by atoms with Crippen LogP contribution in [0.3, 0.4) is 0 Å². The summed E-state index contributed by atoms with van der Waals surface area (Å²) >= 11 is 5.88. The molecule has 0 bridgehead atoms. The number of imidazole rings is 1. The summed E-state index contributed by atoms with van der Waals surface area (Å²) in [5.74, 6) is 0.676. The maximum Gasteiger partial charge on any atom is 0.154 e. The summed E-state index contributed by atoms with van der Waals surface area (Å²) < 4.78 is 12.2. The minimum atomic E-state index is 0.410. The Labute approximate surface area is 132 Å². The second kappa shape index (κ2) is 6.21. The Morgan fingerprint density at radius 2 is 2.09 bits per heavy atom. The van der Waals surface area contributed by atoms with Gasteiger partial charge in [-0.25, -0.2) is 9.50 Å². The van der Waals surface area contributed by atoms with Crippen LogP contribution in [0.5, 0.6) is 5.75 Å². The highest BCUT2D eigenvalue weighted by atomic mass is 35.5. The molecule has 0 spiro atoms. The fourth-order valence-electron chi connectivity index (χ4n) is 2.09. The molecule has 0 saturated carbocycles. The first-order chi connectivity index (χ1) is 10.7. The van der Waals surface area contributed by atoms with E-state index in [1.807, 2.05) is 12.1 Å².